The van der Waals surface area contributed by atoms with Gasteiger partial charge in [0.15, 0.2) is 0 Å². The van der Waals surface area contributed by atoms with E-state index in [-0.39, 0.29) is 6.04 Å². The summed E-state index contributed by atoms with van der Waals surface area (Å²) in [4.78, 5) is 8.92. The van der Waals surface area contributed by atoms with Crippen LogP contribution in [0.2, 0.25) is 0 Å². The molecule has 2 aromatic heterocycles. The lowest BCUT2D eigenvalue weighted by Gasteiger charge is -2.05. The van der Waals surface area contributed by atoms with Crippen molar-refractivity contribution < 1.29 is 0 Å². The van der Waals surface area contributed by atoms with Crippen LogP contribution < -0.4 is 5.73 Å². The fraction of sp³-hybridized carbons (Fsp3) is 0.143. The molecule has 1 atom stereocenters. The zero-order valence-electron chi connectivity index (χ0n) is 6.66. The van der Waals surface area contributed by atoms with Gasteiger partial charge in [-0.05, 0) is 11.5 Å². The fourth-order valence-corrected chi connectivity index (χ4v) is 1.45. The molecule has 0 aliphatic rings. The summed E-state index contributed by atoms with van der Waals surface area (Å²) in [5.41, 5.74) is 6.62. The predicted molar refractivity (Wildman–Crippen MR) is 48.0 cm³/mol. The largest absolute Gasteiger partial charge is 0.318 e. The maximum atomic E-state index is 5.89. The molecule has 0 saturated heterocycles. The van der Waals surface area contributed by atoms with Crippen LogP contribution in [0.25, 0.3) is 0 Å². The zero-order chi connectivity index (χ0) is 9.10. The molecule has 0 bridgehead atoms. The lowest BCUT2D eigenvalue weighted by molar-refractivity contribution is 0.831. The first kappa shape index (κ1) is 8.21. The average molecular weight is 193 g/mol. The topological polar surface area (TPSA) is 77.6 Å². The van der Waals surface area contributed by atoms with Gasteiger partial charge in [0.2, 0.25) is 0 Å². The molecule has 13 heavy (non-hydrogen) atoms. The Morgan fingerprint density at radius 1 is 1.31 bits per heavy atom. The van der Waals surface area contributed by atoms with Crippen molar-refractivity contribution in [2.24, 2.45) is 5.73 Å². The van der Waals surface area contributed by atoms with Crippen molar-refractivity contribution in [2.45, 2.75) is 6.04 Å². The maximum absolute atomic E-state index is 5.89. The maximum Gasteiger partial charge on any atom is 0.0868 e. The van der Waals surface area contributed by atoms with Crippen LogP contribution in [0.15, 0.2) is 24.8 Å². The second kappa shape index (κ2) is 3.55. The Morgan fingerprint density at radius 2 is 2.23 bits per heavy atom. The van der Waals surface area contributed by atoms with Crippen LogP contribution in [0.4, 0.5) is 0 Å². The van der Waals surface area contributed by atoms with Gasteiger partial charge in [0.25, 0.3) is 0 Å². The van der Waals surface area contributed by atoms with E-state index in [0.29, 0.717) is 0 Å². The Bertz CT molecular complexity index is 360. The third-order valence-corrected chi connectivity index (χ3v) is 2.33. The van der Waals surface area contributed by atoms with Gasteiger partial charge in [0.1, 0.15) is 0 Å². The van der Waals surface area contributed by atoms with E-state index in [1.54, 1.807) is 24.8 Å². The van der Waals surface area contributed by atoms with E-state index < -0.39 is 0 Å². The van der Waals surface area contributed by atoms with Gasteiger partial charge in [-0.3, -0.25) is 9.97 Å². The molecule has 2 rings (SSSR count). The van der Waals surface area contributed by atoms with Crippen molar-refractivity contribution in [2.75, 3.05) is 0 Å². The van der Waals surface area contributed by atoms with Crippen LogP contribution in [0.1, 0.15) is 16.6 Å². The van der Waals surface area contributed by atoms with E-state index in [2.05, 4.69) is 19.6 Å². The second-order valence-electron chi connectivity index (χ2n) is 2.43. The van der Waals surface area contributed by atoms with Gasteiger partial charge < -0.3 is 5.73 Å². The van der Waals surface area contributed by atoms with Gasteiger partial charge in [0.05, 0.1) is 29.0 Å². The number of hydrogen-bond donors (Lipinski definition) is 1. The van der Waals surface area contributed by atoms with Crippen LogP contribution in [-0.4, -0.2) is 19.6 Å². The molecule has 6 heteroatoms. The Balaban J connectivity index is 2.29. The van der Waals surface area contributed by atoms with Crippen molar-refractivity contribution in [3.63, 3.8) is 0 Å². The third-order valence-electron chi connectivity index (χ3n) is 1.59. The van der Waals surface area contributed by atoms with Crippen LogP contribution >= 0.6 is 11.5 Å². The highest BCUT2D eigenvalue weighted by atomic mass is 32.1. The molecule has 0 spiro atoms. The zero-order valence-corrected chi connectivity index (χ0v) is 7.48. The van der Waals surface area contributed by atoms with Crippen LogP contribution in [0.3, 0.4) is 0 Å². The number of nitrogens with zero attached hydrogens (tertiary/aromatic N) is 4. The van der Waals surface area contributed by atoms with E-state index in [4.69, 9.17) is 5.73 Å². The summed E-state index contributed by atoms with van der Waals surface area (Å²) in [6.45, 7) is 0. The van der Waals surface area contributed by atoms with Gasteiger partial charge in [-0.1, -0.05) is 4.49 Å². The van der Waals surface area contributed by atoms with Crippen LogP contribution in [0, 0.1) is 0 Å². The Kier molecular flexibility index (Phi) is 2.24. The molecule has 0 amide bonds. The molecular weight excluding hydrogens is 186 g/mol. The van der Waals surface area contributed by atoms with Crippen molar-refractivity contribution in [1.82, 2.24) is 19.6 Å². The minimum Gasteiger partial charge on any atom is -0.318 e. The van der Waals surface area contributed by atoms with Crippen LogP contribution in [-0.2, 0) is 0 Å². The van der Waals surface area contributed by atoms with Crippen molar-refractivity contribution in [3.8, 4) is 0 Å². The molecule has 0 radical (unpaired) electrons. The van der Waals surface area contributed by atoms with Crippen LogP contribution in [0.5, 0.6) is 0 Å². The molecule has 5 nitrogen and oxygen atoms in total. The number of nitrogens with two attached hydrogens (primary N) is 1. The number of hydrogen-bond acceptors (Lipinski definition) is 6. The summed E-state index contributed by atoms with van der Waals surface area (Å²) in [7, 11) is 0. The van der Waals surface area contributed by atoms with E-state index >= 15 is 0 Å². The summed E-state index contributed by atoms with van der Waals surface area (Å²) < 4.78 is 3.73. The molecule has 2 heterocycles. The van der Waals surface area contributed by atoms with E-state index in [0.717, 1.165) is 10.6 Å². The quantitative estimate of drug-likeness (QED) is 0.745. The monoisotopic (exact) mass is 193 g/mol. The predicted octanol–water partition coefficient (Wildman–Crippen LogP) is 0.376. The highest BCUT2D eigenvalue weighted by Crippen LogP contribution is 2.17. The first-order valence-electron chi connectivity index (χ1n) is 3.66. The molecule has 0 aliphatic heterocycles. The minimum absolute atomic E-state index is 0.270. The van der Waals surface area contributed by atoms with Crippen molar-refractivity contribution in [1.29, 1.82) is 0 Å². The highest BCUT2D eigenvalue weighted by molar-refractivity contribution is 7.05. The lowest BCUT2D eigenvalue weighted by atomic mass is 10.2. The summed E-state index contributed by atoms with van der Waals surface area (Å²) >= 11 is 1.27. The summed E-state index contributed by atoms with van der Waals surface area (Å²) in [6.07, 6.45) is 6.51. The summed E-state index contributed by atoms with van der Waals surface area (Å²) in [5, 5.41) is 3.71. The smallest absolute Gasteiger partial charge is 0.0868 e. The summed E-state index contributed by atoms with van der Waals surface area (Å²) in [5.74, 6) is 0. The Morgan fingerprint density at radius 3 is 2.85 bits per heavy atom. The summed E-state index contributed by atoms with van der Waals surface area (Å²) in [6, 6.07) is -0.270. The van der Waals surface area contributed by atoms with Gasteiger partial charge in [0, 0.05) is 12.4 Å². The van der Waals surface area contributed by atoms with Crippen molar-refractivity contribution in [3.05, 3.63) is 35.4 Å². The minimum atomic E-state index is -0.270. The molecule has 0 aromatic carbocycles. The first-order chi connectivity index (χ1) is 6.38. The first-order valence-corrected chi connectivity index (χ1v) is 4.44. The van der Waals surface area contributed by atoms with E-state index in [1.807, 2.05) is 0 Å². The molecule has 0 fully saturated rings. The van der Waals surface area contributed by atoms with E-state index in [1.165, 1.54) is 11.5 Å². The molecule has 2 aromatic rings. The Labute approximate surface area is 78.8 Å². The second-order valence-corrected chi connectivity index (χ2v) is 3.25. The molecule has 66 valence electrons. The van der Waals surface area contributed by atoms with Gasteiger partial charge in [-0.25, -0.2) is 0 Å². The molecule has 1 unspecified atom stereocenters. The SMILES string of the molecule is NC(c1cnccn1)c1cnns1. The van der Waals surface area contributed by atoms with Gasteiger partial charge in [-0.15, -0.1) is 5.10 Å². The normalized spacial score (nSPS) is 12.7. The van der Waals surface area contributed by atoms with Crippen molar-refractivity contribution >= 4 is 11.5 Å². The van der Waals surface area contributed by atoms with Gasteiger partial charge in [-0.2, -0.15) is 0 Å². The standard InChI is InChI=1S/C7H7N5S/c8-7(6-4-11-12-13-6)5-3-9-1-2-10-5/h1-4,7H,8H2. The molecule has 0 saturated carbocycles. The highest BCUT2D eigenvalue weighted by Gasteiger charge is 2.11. The fourth-order valence-electron chi connectivity index (χ4n) is 0.929. The third kappa shape index (κ3) is 1.68. The number of rotatable bonds is 2. The number of aromatic nitrogens is 4. The lowest BCUT2D eigenvalue weighted by Crippen LogP contribution is -2.12. The average Bonchev–Trinajstić information content (AvgIpc) is 2.71. The molecule has 2 N–H and O–H groups in total. The molecule has 0 aliphatic carbocycles. The molecular formula is C7H7N5S. The van der Waals surface area contributed by atoms with Gasteiger partial charge >= 0.3 is 0 Å². The van der Waals surface area contributed by atoms with E-state index in [9.17, 15) is 0 Å². The Hall–Kier alpha value is -1.40.